The Balaban J connectivity index is 0.00000320. The molecule has 0 bridgehead atoms. The molecule has 30 heavy (non-hydrogen) atoms. The fraction of sp³-hybridized carbons (Fsp3) is 0.455. The number of aliphatic imine (C=N–C) groups is 1. The van der Waals surface area contributed by atoms with Crippen LogP contribution in [0.5, 0.6) is 0 Å². The van der Waals surface area contributed by atoms with E-state index < -0.39 is 0 Å². The fourth-order valence-corrected chi connectivity index (χ4v) is 3.29. The number of benzene rings is 1. The van der Waals surface area contributed by atoms with E-state index in [4.69, 9.17) is 0 Å². The van der Waals surface area contributed by atoms with Gasteiger partial charge in [0.15, 0.2) is 5.96 Å². The number of hydrogen-bond donors (Lipinski definition) is 2. The Morgan fingerprint density at radius 3 is 2.53 bits per heavy atom. The predicted molar refractivity (Wildman–Crippen MR) is 132 cm³/mol. The molecule has 1 aliphatic rings. The van der Waals surface area contributed by atoms with Crippen LogP contribution in [-0.4, -0.2) is 56.1 Å². The molecule has 164 valence electrons. The van der Waals surface area contributed by atoms with Gasteiger partial charge in [0, 0.05) is 46.0 Å². The summed E-state index contributed by atoms with van der Waals surface area (Å²) in [5, 5.41) is 6.61. The van der Waals surface area contributed by atoms with E-state index in [-0.39, 0.29) is 35.8 Å². The SMILES string of the molecule is CN=C(NCc1ccc(N2CCN(C)CC2)nc1)NC(C)c1ccc(C)c(F)c1.I. The summed E-state index contributed by atoms with van der Waals surface area (Å²) < 4.78 is 13.8. The molecule has 0 radical (unpaired) electrons. The summed E-state index contributed by atoms with van der Waals surface area (Å²) in [5.41, 5.74) is 2.62. The Morgan fingerprint density at radius 2 is 1.93 bits per heavy atom. The zero-order chi connectivity index (χ0) is 20.8. The van der Waals surface area contributed by atoms with Crippen molar-refractivity contribution in [3.05, 3.63) is 59.0 Å². The van der Waals surface area contributed by atoms with Crippen molar-refractivity contribution in [2.24, 2.45) is 4.99 Å². The number of pyridine rings is 1. The van der Waals surface area contributed by atoms with Gasteiger partial charge in [0.25, 0.3) is 0 Å². The molecule has 1 unspecified atom stereocenters. The van der Waals surface area contributed by atoms with E-state index in [2.05, 4.69) is 49.6 Å². The van der Waals surface area contributed by atoms with Crippen molar-refractivity contribution in [3.8, 4) is 0 Å². The standard InChI is InChI=1S/C22H31FN6.HI/c1-16-5-7-19(13-20(16)23)17(2)27-22(24-3)26-15-18-6-8-21(25-14-18)29-11-9-28(4)10-12-29;/h5-8,13-14,17H,9-12,15H2,1-4H3,(H2,24,26,27);1H. The predicted octanol–water partition coefficient (Wildman–Crippen LogP) is 3.33. The molecule has 1 aliphatic heterocycles. The number of piperazine rings is 1. The third-order valence-corrected chi connectivity index (χ3v) is 5.37. The number of aryl methyl sites for hydroxylation is 1. The van der Waals surface area contributed by atoms with Crippen LogP contribution in [0.2, 0.25) is 0 Å². The van der Waals surface area contributed by atoms with Crippen LogP contribution < -0.4 is 15.5 Å². The highest BCUT2D eigenvalue weighted by Gasteiger charge is 2.15. The summed E-state index contributed by atoms with van der Waals surface area (Å²) in [6.45, 7) is 8.52. The number of nitrogens with one attached hydrogen (secondary N) is 2. The molecule has 1 atom stereocenters. The number of rotatable bonds is 5. The van der Waals surface area contributed by atoms with Crippen molar-refractivity contribution >= 4 is 35.8 Å². The molecule has 8 heteroatoms. The summed E-state index contributed by atoms with van der Waals surface area (Å²) in [4.78, 5) is 13.5. The summed E-state index contributed by atoms with van der Waals surface area (Å²) >= 11 is 0. The maximum absolute atomic E-state index is 13.8. The van der Waals surface area contributed by atoms with E-state index in [1.165, 1.54) is 0 Å². The van der Waals surface area contributed by atoms with Gasteiger partial charge in [-0.05, 0) is 49.7 Å². The lowest BCUT2D eigenvalue weighted by Gasteiger charge is -2.33. The number of aromatic nitrogens is 1. The minimum absolute atomic E-state index is 0. The summed E-state index contributed by atoms with van der Waals surface area (Å²) in [6, 6.07) is 9.42. The molecule has 1 aromatic heterocycles. The first kappa shape index (κ1) is 24.3. The van der Waals surface area contributed by atoms with Crippen LogP contribution in [0, 0.1) is 12.7 Å². The van der Waals surface area contributed by atoms with E-state index in [0.29, 0.717) is 18.1 Å². The second-order valence-corrected chi connectivity index (χ2v) is 7.62. The van der Waals surface area contributed by atoms with Gasteiger partial charge >= 0.3 is 0 Å². The first-order chi connectivity index (χ1) is 14.0. The van der Waals surface area contributed by atoms with E-state index in [1.54, 1.807) is 26.1 Å². The molecule has 1 saturated heterocycles. The smallest absolute Gasteiger partial charge is 0.191 e. The molecular formula is C22H32FIN6. The molecule has 2 aromatic rings. The van der Waals surface area contributed by atoms with E-state index in [0.717, 1.165) is 43.1 Å². The lowest BCUT2D eigenvalue weighted by Crippen LogP contribution is -2.44. The zero-order valence-corrected chi connectivity index (χ0v) is 20.5. The van der Waals surface area contributed by atoms with Crippen LogP contribution >= 0.6 is 24.0 Å². The average molecular weight is 526 g/mol. The van der Waals surface area contributed by atoms with Crippen LogP contribution in [0.1, 0.15) is 29.7 Å². The Bertz CT molecular complexity index is 834. The van der Waals surface area contributed by atoms with Gasteiger partial charge in [-0.1, -0.05) is 18.2 Å². The molecule has 2 heterocycles. The van der Waals surface area contributed by atoms with Crippen molar-refractivity contribution < 1.29 is 4.39 Å². The number of guanidine groups is 1. The molecule has 0 amide bonds. The second kappa shape index (κ2) is 11.5. The first-order valence-electron chi connectivity index (χ1n) is 10.1. The molecule has 6 nitrogen and oxygen atoms in total. The molecule has 0 aliphatic carbocycles. The lowest BCUT2D eigenvalue weighted by molar-refractivity contribution is 0.312. The largest absolute Gasteiger partial charge is 0.354 e. The highest BCUT2D eigenvalue weighted by atomic mass is 127. The number of likely N-dealkylation sites (N-methyl/N-ethyl adjacent to an activating group) is 1. The van der Waals surface area contributed by atoms with Crippen molar-refractivity contribution in [2.45, 2.75) is 26.4 Å². The topological polar surface area (TPSA) is 55.8 Å². The minimum Gasteiger partial charge on any atom is -0.354 e. The van der Waals surface area contributed by atoms with Crippen LogP contribution in [0.3, 0.4) is 0 Å². The van der Waals surface area contributed by atoms with Gasteiger partial charge in [0.05, 0.1) is 6.04 Å². The third-order valence-electron chi connectivity index (χ3n) is 5.37. The molecule has 2 N–H and O–H groups in total. The van der Waals surface area contributed by atoms with Gasteiger partial charge in [-0.3, -0.25) is 4.99 Å². The van der Waals surface area contributed by atoms with Gasteiger partial charge in [0.1, 0.15) is 11.6 Å². The Morgan fingerprint density at radius 1 is 1.20 bits per heavy atom. The highest BCUT2D eigenvalue weighted by Crippen LogP contribution is 2.16. The van der Waals surface area contributed by atoms with E-state index >= 15 is 0 Å². The monoisotopic (exact) mass is 526 g/mol. The van der Waals surface area contributed by atoms with Crippen LogP contribution in [-0.2, 0) is 6.54 Å². The molecular weight excluding hydrogens is 494 g/mol. The number of hydrogen-bond acceptors (Lipinski definition) is 4. The summed E-state index contributed by atoms with van der Waals surface area (Å²) in [5.74, 6) is 1.51. The van der Waals surface area contributed by atoms with Gasteiger partial charge in [0.2, 0.25) is 0 Å². The van der Waals surface area contributed by atoms with Crippen LogP contribution in [0.15, 0.2) is 41.5 Å². The van der Waals surface area contributed by atoms with Crippen LogP contribution in [0.4, 0.5) is 10.2 Å². The molecule has 0 spiro atoms. The van der Waals surface area contributed by atoms with Crippen molar-refractivity contribution in [1.29, 1.82) is 0 Å². The Labute approximate surface area is 196 Å². The van der Waals surface area contributed by atoms with Crippen molar-refractivity contribution in [1.82, 2.24) is 20.5 Å². The van der Waals surface area contributed by atoms with E-state index in [9.17, 15) is 4.39 Å². The number of anilines is 1. The number of nitrogens with zero attached hydrogens (tertiary/aromatic N) is 4. The maximum atomic E-state index is 13.8. The maximum Gasteiger partial charge on any atom is 0.191 e. The third kappa shape index (κ3) is 6.53. The second-order valence-electron chi connectivity index (χ2n) is 7.62. The number of halogens is 2. The van der Waals surface area contributed by atoms with Crippen molar-refractivity contribution in [2.75, 3.05) is 45.2 Å². The first-order valence-corrected chi connectivity index (χ1v) is 10.1. The quantitative estimate of drug-likeness (QED) is 0.356. The molecule has 1 fully saturated rings. The average Bonchev–Trinajstić information content (AvgIpc) is 2.74. The molecule has 0 saturated carbocycles. The van der Waals surface area contributed by atoms with Gasteiger partial charge in [-0.2, -0.15) is 0 Å². The van der Waals surface area contributed by atoms with Gasteiger partial charge < -0.3 is 20.4 Å². The summed E-state index contributed by atoms with van der Waals surface area (Å²) in [6.07, 6.45) is 1.91. The van der Waals surface area contributed by atoms with Gasteiger partial charge in [-0.15, -0.1) is 24.0 Å². The normalized spacial score (nSPS) is 16.0. The van der Waals surface area contributed by atoms with E-state index in [1.807, 2.05) is 19.2 Å². The highest BCUT2D eigenvalue weighted by molar-refractivity contribution is 14.0. The zero-order valence-electron chi connectivity index (χ0n) is 18.2. The Hall–Kier alpha value is -1.94. The molecule has 1 aromatic carbocycles. The minimum atomic E-state index is -0.189. The fourth-order valence-electron chi connectivity index (χ4n) is 3.29. The Kier molecular flexibility index (Phi) is 9.29. The van der Waals surface area contributed by atoms with Gasteiger partial charge in [-0.25, -0.2) is 9.37 Å². The van der Waals surface area contributed by atoms with Crippen LogP contribution in [0.25, 0.3) is 0 Å². The summed E-state index contributed by atoms with van der Waals surface area (Å²) in [7, 11) is 3.88. The lowest BCUT2D eigenvalue weighted by atomic mass is 10.1. The molecule has 3 rings (SSSR count). The van der Waals surface area contributed by atoms with Crippen molar-refractivity contribution in [3.63, 3.8) is 0 Å².